The molecule has 5 nitrogen and oxygen atoms in total. The fraction of sp³-hybridized carbons (Fsp3) is 0.562. The smallest absolute Gasteiger partial charge is 0.107 e. The molecule has 1 aliphatic rings. The van der Waals surface area contributed by atoms with Crippen molar-refractivity contribution >= 4 is 0 Å². The fourth-order valence-electron chi connectivity index (χ4n) is 3.04. The lowest BCUT2D eigenvalue weighted by molar-refractivity contribution is 0.166. The summed E-state index contributed by atoms with van der Waals surface area (Å²) in [5, 5.41) is 4.21. The van der Waals surface area contributed by atoms with Crippen molar-refractivity contribution in [3.8, 4) is 11.4 Å². The third kappa shape index (κ3) is 2.97. The number of aromatic nitrogens is 4. The molecule has 0 saturated carbocycles. The Bertz CT molecular complexity index is 604. The van der Waals surface area contributed by atoms with Crippen molar-refractivity contribution in [2.75, 3.05) is 13.1 Å². The third-order valence-corrected chi connectivity index (χ3v) is 4.34. The third-order valence-electron chi connectivity index (χ3n) is 4.34. The van der Waals surface area contributed by atoms with E-state index in [2.05, 4.69) is 28.8 Å². The maximum Gasteiger partial charge on any atom is 0.107 e. The van der Waals surface area contributed by atoms with Gasteiger partial charge in [-0.05, 0) is 39.3 Å². The molecular formula is C16H23N5. The highest BCUT2D eigenvalue weighted by Gasteiger charge is 2.24. The van der Waals surface area contributed by atoms with E-state index >= 15 is 0 Å². The summed E-state index contributed by atoms with van der Waals surface area (Å²) >= 11 is 0. The maximum atomic E-state index is 4.84. The molecule has 21 heavy (non-hydrogen) atoms. The molecule has 0 aliphatic carbocycles. The molecule has 2 aromatic heterocycles. The predicted octanol–water partition coefficient (Wildman–Crippen LogP) is 2.46. The zero-order valence-corrected chi connectivity index (χ0v) is 13.0. The Hall–Kier alpha value is -1.75. The molecule has 1 aliphatic heterocycles. The van der Waals surface area contributed by atoms with Gasteiger partial charge < -0.3 is 4.90 Å². The normalized spacial score (nSPS) is 20.1. The Morgan fingerprint density at radius 2 is 2.14 bits per heavy atom. The van der Waals surface area contributed by atoms with Crippen LogP contribution < -0.4 is 0 Å². The minimum atomic E-state index is 0.488. The highest BCUT2D eigenvalue weighted by molar-refractivity contribution is 5.52. The Labute approximate surface area is 126 Å². The fourth-order valence-corrected chi connectivity index (χ4v) is 3.04. The molecule has 3 rings (SSSR count). The van der Waals surface area contributed by atoms with Crippen LogP contribution in [0.2, 0.25) is 0 Å². The van der Waals surface area contributed by atoms with E-state index in [1.165, 1.54) is 19.4 Å². The number of hydrogen-bond donors (Lipinski definition) is 0. The number of likely N-dealkylation sites (tertiary alicyclic amines) is 1. The van der Waals surface area contributed by atoms with Crippen molar-refractivity contribution in [3.63, 3.8) is 0 Å². The summed E-state index contributed by atoms with van der Waals surface area (Å²) < 4.78 is 1.84. The van der Waals surface area contributed by atoms with Crippen molar-refractivity contribution < 1.29 is 0 Å². The molecule has 1 fully saturated rings. The summed E-state index contributed by atoms with van der Waals surface area (Å²) in [7, 11) is 1.94. The molecular weight excluding hydrogens is 262 g/mol. The highest BCUT2D eigenvalue weighted by atomic mass is 15.3. The van der Waals surface area contributed by atoms with Crippen LogP contribution in [-0.4, -0.2) is 43.8 Å². The van der Waals surface area contributed by atoms with Gasteiger partial charge in [0, 0.05) is 37.9 Å². The van der Waals surface area contributed by atoms with E-state index in [4.69, 9.17) is 4.98 Å². The number of piperidine rings is 1. The SMILES string of the molecule is CC(C)N1CCCC(c2cncc(-c3ccnn3C)n2)C1. The van der Waals surface area contributed by atoms with Crippen LogP contribution in [0.4, 0.5) is 0 Å². The van der Waals surface area contributed by atoms with Gasteiger partial charge in [-0.25, -0.2) is 4.98 Å². The molecule has 112 valence electrons. The minimum Gasteiger partial charge on any atom is -0.300 e. The van der Waals surface area contributed by atoms with Crippen LogP contribution in [0.25, 0.3) is 11.4 Å². The van der Waals surface area contributed by atoms with Crippen LogP contribution >= 0.6 is 0 Å². The molecule has 5 heteroatoms. The van der Waals surface area contributed by atoms with E-state index in [0.29, 0.717) is 12.0 Å². The molecule has 1 unspecified atom stereocenters. The Morgan fingerprint density at radius 1 is 1.29 bits per heavy atom. The highest BCUT2D eigenvalue weighted by Crippen LogP contribution is 2.27. The van der Waals surface area contributed by atoms with Gasteiger partial charge in [0.05, 0.1) is 17.6 Å². The van der Waals surface area contributed by atoms with Crippen LogP contribution in [0.5, 0.6) is 0 Å². The van der Waals surface area contributed by atoms with Gasteiger partial charge in [-0.1, -0.05) is 0 Å². The lowest BCUT2D eigenvalue weighted by atomic mass is 9.94. The molecule has 1 saturated heterocycles. The number of rotatable bonds is 3. The standard InChI is InChI=1S/C16H23N5/c1-12(2)21-8-4-5-13(11-21)14-9-17-10-15(19-14)16-6-7-18-20(16)3/h6-7,9-10,12-13H,4-5,8,11H2,1-3H3. The lowest BCUT2D eigenvalue weighted by Crippen LogP contribution is -2.39. The van der Waals surface area contributed by atoms with E-state index in [1.54, 1.807) is 6.20 Å². The molecule has 0 aromatic carbocycles. The first-order valence-electron chi connectivity index (χ1n) is 7.69. The number of aryl methyl sites for hydroxylation is 1. The first kappa shape index (κ1) is 14.2. The first-order valence-corrected chi connectivity index (χ1v) is 7.69. The monoisotopic (exact) mass is 285 g/mol. The maximum absolute atomic E-state index is 4.84. The van der Waals surface area contributed by atoms with Crippen LogP contribution in [0.15, 0.2) is 24.7 Å². The molecule has 0 N–H and O–H groups in total. The lowest BCUT2D eigenvalue weighted by Gasteiger charge is -2.35. The number of hydrogen-bond acceptors (Lipinski definition) is 4. The summed E-state index contributed by atoms with van der Waals surface area (Å²) in [5.41, 5.74) is 3.04. The van der Waals surface area contributed by atoms with Gasteiger partial charge in [-0.2, -0.15) is 5.10 Å². The van der Waals surface area contributed by atoms with Gasteiger partial charge in [-0.15, -0.1) is 0 Å². The van der Waals surface area contributed by atoms with Gasteiger partial charge in [0.25, 0.3) is 0 Å². The quantitative estimate of drug-likeness (QED) is 0.869. The van der Waals surface area contributed by atoms with Gasteiger partial charge in [0.15, 0.2) is 0 Å². The second kappa shape index (κ2) is 5.93. The van der Waals surface area contributed by atoms with E-state index in [-0.39, 0.29) is 0 Å². The second-order valence-electron chi connectivity index (χ2n) is 6.10. The summed E-state index contributed by atoms with van der Waals surface area (Å²) in [6.45, 7) is 6.81. The topological polar surface area (TPSA) is 46.8 Å². The predicted molar refractivity (Wildman–Crippen MR) is 82.9 cm³/mol. The van der Waals surface area contributed by atoms with E-state index in [9.17, 15) is 0 Å². The zero-order valence-electron chi connectivity index (χ0n) is 13.0. The zero-order chi connectivity index (χ0) is 14.8. The Kier molecular flexibility index (Phi) is 4.01. The average molecular weight is 285 g/mol. The molecule has 0 spiro atoms. The van der Waals surface area contributed by atoms with Crippen molar-refractivity contribution in [2.45, 2.75) is 38.6 Å². The summed E-state index contributed by atoms with van der Waals surface area (Å²) in [5.74, 6) is 0.488. The Morgan fingerprint density at radius 3 is 2.86 bits per heavy atom. The van der Waals surface area contributed by atoms with Crippen LogP contribution in [0.1, 0.15) is 38.3 Å². The van der Waals surface area contributed by atoms with E-state index in [0.717, 1.165) is 23.6 Å². The van der Waals surface area contributed by atoms with E-state index in [1.807, 2.05) is 30.2 Å². The summed E-state index contributed by atoms with van der Waals surface area (Å²) in [6.07, 6.45) is 7.98. The van der Waals surface area contributed by atoms with Crippen molar-refractivity contribution in [1.82, 2.24) is 24.6 Å². The molecule has 0 radical (unpaired) electrons. The van der Waals surface area contributed by atoms with Crippen LogP contribution in [0.3, 0.4) is 0 Å². The Balaban J connectivity index is 1.84. The van der Waals surface area contributed by atoms with Gasteiger partial charge in [0.2, 0.25) is 0 Å². The van der Waals surface area contributed by atoms with Crippen molar-refractivity contribution in [1.29, 1.82) is 0 Å². The largest absolute Gasteiger partial charge is 0.300 e. The molecule has 1 atom stereocenters. The second-order valence-corrected chi connectivity index (χ2v) is 6.10. The summed E-state index contributed by atoms with van der Waals surface area (Å²) in [6, 6.07) is 2.58. The molecule has 3 heterocycles. The molecule has 2 aromatic rings. The van der Waals surface area contributed by atoms with Crippen LogP contribution in [0, 0.1) is 0 Å². The average Bonchev–Trinajstić information content (AvgIpc) is 2.94. The first-order chi connectivity index (χ1) is 10.1. The van der Waals surface area contributed by atoms with E-state index < -0.39 is 0 Å². The number of nitrogens with zero attached hydrogens (tertiary/aromatic N) is 5. The summed E-state index contributed by atoms with van der Waals surface area (Å²) in [4.78, 5) is 11.8. The molecule has 0 amide bonds. The van der Waals surface area contributed by atoms with Crippen LogP contribution in [-0.2, 0) is 7.05 Å². The molecule has 0 bridgehead atoms. The minimum absolute atomic E-state index is 0.488. The van der Waals surface area contributed by atoms with Gasteiger partial charge >= 0.3 is 0 Å². The van der Waals surface area contributed by atoms with Crippen molar-refractivity contribution in [2.24, 2.45) is 7.05 Å². The van der Waals surface area contributed by atoms with Gasteiger partial charge in [0.1, 0.15) is 5.69 Å². The van der Waals surface area contributed by atoms with Gasteiger partial charge in [-0.3, -0.25) is 9.67 Å². The van der Waals surface area contributed by atoms with Crippen molar-refractivity contribution in [3.05, 3.63) is 30.4 Å².